The van der Waals surface area contributed by atoms with Gasteiger partial charge in [0, 0.05) is 20.8 Å². The van der Waals surface area contributed by atoms with Gasteiger partial charge in [0.15, 0.2) is 23.0 Å². The molecule has 0 fully saturated rings. The van der Waals surface area contributed by atoms with Gasteiger partial charge >= 0.3 is 0 Å². The summed E-state index contributed by atoms with van der Waals surface area (Å²) in [6, 6.07) is 0. The molecular formula is C12H14O9. The highest BCUT2D eigenvalue weighted by Gasteiger charge is 2.66. The monoisotopic (exact) mass is 302 g/mol. The smallest absolute Gasteiger partial charge is 0.241 e. The summed E-state index contributed by atoms with van der Waals surface area (Å²) < 4.78 is 0. The van der Waals surface area contributed by atoms with Crippen LogP contribution < -0.4 is 0 Å². The summed E-state index contributed by atoms with van der Waals surface area (Å²) in [6.45, 7) is 0.118. The summed E-state index contributed by atoms with van der Waals surface area (Å²) in [5.41, 5.74) is -7.51. The Morgan fingerprint density at radius 3 is 1.19 bits per heavy atom. The van der Waals surface area contributed by atoms with Crippen molar-refractivity contribution < 1.29 is 44.1 Å². The molecule has 21 heavy (non-hydrogen) atoms. The van der Waals surface area contributed by atoms with Crippen LogP contribution in [0.1, 0.15) is 20.8 Å². The van der Waals surface area contributed by atoms with Gasteiger partial charge in [0.2, 0.25) is 23.0 Å². The van der Waals surface area contributed by atoms with Crippen molar-refractivity contribution in [1.82, 2.24) is 0 Å². The molecule has 0 bridgehead atoms. The predicted molar refractivity (Wildman–Crippen MR) is 64.0 cm³/mol. The molecule has 0 aromatic rings. The third-order valence-electron chi connectivity index (χ3n) is 2.82. The van der Waals surface area contributed by atoms with Crippen molar-refractivity contribution in [2.75, 3.05) is 6.61 Å². The van der Waals surface area contributed by atoms with Crippen LogP contribution in [0.15, 0.2) is 0 Å². The van der Waals surface area contributed by atoms with Gasteiger partial charge < -0.3 is 15.3 Å². The molecule has 1 atom stereocenters. The minimum absolute atomic E-state index is 0.608. The molecule has 0 heterocycles. The second-order valence-corrected chi connectivity index (χ2v) is 4.38. The quantitative estimate of drug-likeness (QED) is 0.311. The van der Waals surface area contributed by atoms with E-state index in [4.69, 9.17) is 5.11 Å². The van der Waals surface area contributed by atoms with E-state index in [1.165, 1.54) is 0 Å². The third kappa shape index (κ3) is 2.84. The van der Waals surface area contributed by atoms with Crippen LogP contribution in [-0.2, 0) is 28.8 Å². The third-order valence-corrected chi connectivity index (χ3v) is 2.82. The molecule has 0 saturated heterocycles. The molecule has 0 aromatic carbocycles. The van der Waals surface area contributed by atoms with E-state index in [-0.39, 0.29) is 0 Å². The van der Waals surface area contributed by atoms with E-state index in [1.807, 2.05) is 0 Å². The van der Waals surface area contributed by atoms with Gasteiger partial charge in [-0.15, -0.1) is 0 Å². The number of aliphatic hydroxyl groups excluding tert-OH is 1. The zero-order valence-corrected chi connectivity index (χ0v) is 11.5. The van der Waals surface area contributed by atoms with E-state index >= 15 is 0 Å². The van der Waals surface area contributed by atoms with Crippen molar-refractivity contribution in [2.45, 2.75) is 32.0 Å². The van der Waals surface area contributed by atoms with Gasteiger partial charge in [0.1, 0.15) is 0 Å². The first-order chi connectivity index (χ1) is 9.37. The SMILES string of the molecule is CC(=O)C(=O)C(O)(CO)C(O)(C(=O)C(C)=O)C(=O)C(C)=O. The van der Waals surface area contributed by atoms with Gasteiger partial charge in [-0.05, 0) is 0 Å². The molecule has 0 aromatic heterocycles. The summed E-state index contributed by atoms with van der Waals surface area (Å²) in [4.78, 5) is 68.4. The van der Waals surface area contributed by atoms with Gasteiger partial charge in [-0.25, -0.2) is 0 Å². The number of ketones is 6. The fourth-order valence-corrected chi connectivity index (χ4v) is 1.63. The Hall–Kier alpha value is -2.10. The fraction of sp³-hybridized carbons (Fsp3) is 0.500. The lowest BCUT2D eigenvalue weighted by Crippen LogP contribution is -2.72. The number of Topliss-reactive ketones (excluding diaryl/α,β-unsaturated/α-hetero) is 6. The largest absolute Gasteiger partial charge is 0.393 e. The highest BCUT2D eigenvalue weighted by molar-refractivity contribution is 6.56. The maximum atomic E-state index is 11.7. The molecule has 1 unspecified atom stereocenters. The van der Waals surface area contributed by atoms with E-state index in [0.717, 1.165) is 0 Å². The Bertz CT molecular complexity index is 519. The molecule has 0 aliphatic heterocycles. The first kappa shape index (κ1) is 18.9. The van der Waals surface area contributed by atoms with Crippen LogP contribution in [0.4, 0.5) is 0 Å². The Labute approximate surface area is 118 Å². The fourth-order valence-electron chi connectivity index (χ4n) is 1.63. The molecule has 0 spiro atoms. The van der Waals surface area contributed by atoms with Crippen molar-refractivity contribution in [1.29, 1.82) is 0 Å². The van der Waals surface area contributed by atoms with Crippen LogP contribution in [0, 0.1) is 0 Å². The van der Waals surface area contributed by atoms with Gasteiger partial charge in [0.05, 0.1) is 6.61 Å². The number of hydrogen-bond acceptors (Lipinski definition) is 9. The highest BCUT2D eigenvalue weighted by atomic mass is 16.4. The van der Waals surface area contributed by atoms with Gasteiger partial charge in [-0.3, -0.25) is 28.8 Å². The molecule has 0 radical (unpaired) electrons. The molecule has 0 aliphatic carbocycles. The van der Waals surface area contributed by atoms with Crippen LogP contribution >= 0.6 is 0 Å². The highest BCUT2D eigenvalue weighted by Crippen LogP contribution is 2.27. The number of hydrogen-bond donors (Lipinski definition) is 3. The van der Waals surface area contributed by atoms with Gasteiger partial charge in [-0.2, -0.15) is 0 Å². The van der Waals surface area contributed by atoms with Crippen molar-refractivity contribution in [3.63, 3.8) is 0 Å². The Morgan fingerprint density at radius 2 is 1.00 bits per heavy atom. The molecule has 0 rings (SSSR count). The van der Waals surface area contributed by atoms with E-state index in [1.54, 1.807) is 0 Å². The van der Waals surface area contributed by atoms with Crippen LogP contribution in [0.2, 0.25) is 0 Å². The minimum atomic E-state index is -3.87. The predicted octanol–water partition coefficient (Wildman–Crippen LogP) is -3.08. The summed E-state index contributed by atoms with van der Waals surface area (Å²) in [5, 5.41) is 29.2. The average Bonchev–Trinajstić information content (AvgIpc) is 2.42. The zero-order valence-electron chi connectivity index (χ0n) is 11.5. The zero-order chi connectivity index (χ0) is 17.2. The van der Waals surface area contributed by atoms with Crippen molar-refractivity contribution in [3.8, 4) is 0 Å². The average molecular weight is 302 g/mol. The molecule has 9 nitrogen and oxygen atoms in total. The van der Waals surface area contributed by atoms with Crippen LogP contribution in [0.3, 0.4) is 0 Å². The Morgan fingerprint density at radius 1 is 0.714 bits per heavy atom. The van der Waals surface area contributed by atoms with Crippen molar-refractivity contribution in [3.05, 3.63) is 0 Å². The molecule has 9 heteroatoms. The van der Waals surface area contributed by atoms with Crippen molar-refractivity contribution in [2.24, 2.45) is 0 Å². The Balaban J connectivity index is 6.50. The first-order valence-corrected chi connectivity index (χ1v) is 5.59. The molecule has 0 aliphatic rings. The minimum Gasteiger partial charge on any atom is -0.393 e. The van der Waals surface area contributed by atoms with Gasteiger partial charge in [-0.1, -0.05) is 0 Å². The summed E-state index contributed by atoms with van der Waals surface area (Å²) in [6.07, 6.45) is 0. The van der Waals surface area contributed by atoms with Crippen molar-refractivity contribution >= 4 is 34.7 Å². The normalized spacial score (nSPS) is 14.0. The second-order valence-electron chi connectivity index (χ2n) is 4.38. The number of aliphatic hydroxyl groups is 3. The molecule has 0 amide bonds. The van der Waals surface area contributed by atoms with Crippen LogP contribution in [0.5, 0.6) is 0 Å². The van der Waals surface area contributed by atoms with E-state index in [2.05, 4.69) is 0 Å². The van der Waals surface area contributed by atoms with Crippen LogP contribution in [-0.4, -0.2) is 67.8 Å². The summed E-state index contributed by atoms with van der Waals surface area (Å²) >= 11 is 0. The second kappa shape index (κ2) is 6.12. The van der Waals surface area contributed by atoms with Crippen LogP contribution in [0.25, 0.3) is 0 Å². The number of carbonyl (C=O) groups excluding carboxylic acids is 6. The maximum Gasteiger partial charge on any atom is 0.241 e. The van der Waals surface area contributed by atoms with Gasteiger partial charge in [0.25, 0.3) is 0 Å². The molecule has 116 valence electrons. The topological polar surface area (TPSA) is 163 Å². The van der Waals surface area contributed by atoms with E-state index in [9.17, 15) is 39.0 Å². The van der Waals surface area contributed by atoms with E-state index < -0.39 is 52.5 Å². The lowest BCUT2D eigenvalue weighted by atomic mass is 9.71. The number of carbonyl (C=O) groups is 6. The molecule has 0 saturated carbocycles. The lowest BCUT2D eigenvalue weighted by molar-refractivity contribution is -0.194. The van der Waals surface area contributed by atoms with E-state index in [0.29, 0.717) is 20.8 Å². The Kier molecular flexibility index (Phi) is 5.51. The molecular weight excluding hydrogens is 288 g/mol. The molecule has 3 N–H and O–H groups in total. The number of rotatable bonds is 8. The summed E-state index contributed by atoms with van der Waals surface area (Å²) in [7, 11) is 0. The standard InChI is InChI=1S/C12H14O9/c1-5(14)8(17)11(20,4-13)12(21,9(18)6(2)15)10(19)7(3)16/h13,20-21H,4H2,1-3H3. The first-order valence-electron chi connectivity index (χ1n) is 5.59. The summed E-state index contributed by atoms with van der Waals surface area (Å²) in [5.74, 6) is -10.2. The lowest BCUT2D eigenvalue weighted by Gasteiger charge is -2.36. The maximum absolute atomic E-state index is 11.7.